The maximum Gasteiger partial charge on any atom is 0.411 e. The smallest absolute Gasteiger partial charge is 0.367 e. The topological polar surface area (TPSA) is 80.3 Å². The van der Waals surface area contributed by atoms with Crippen LogP contribution in [0.1, 0.15) is 54.0 Å². The van der Waals surface area contributed by atoms with Crippen LogP contribution in [0.15, 0.2) is 36.4 Å². The summed E-state index contributed by atoms with van der Waals surface area (Å²) < 4.78 is 41.0. The zero-order chi connectivity index (χ0) is 23.2. The van der Waals surface area contributed by atoms with Gasteiger partial charge in [-0.05, 0) is 49.2 Å². The maximum absolute atomic E-state index is 12.5. The number of hydrogen-bond donors (Lipinski definition) is 2. The number of amides is 2. The summed E-state index contributed by atoms with van der Waals surface area (Å²) >= 11 is 0. The van der Waals surface area contributed by atoms with Crippen molar-refractivity contribution in [2.45, 2.75) is 46.5 Å². The second-order valence-corrected chi connectivity index (χ2v) is 7.57. The van der Waals surface area contributed by atoms with E-state index in [1.54, 1.807) is 45.9 Å². The van der Waals surface area contributed by atoms with Gasteiger partial charge in [0, 0.05) is 17.2 Å². The Morgan fingerprint density at radius 3 is 2.32 bits per heavy atom. The van der Waals surface area contributed by atoms with Crippen molar-refractivity contribution in [3.63, 3.8) is 0 Å². The molecule has 9 heteroatoms. The Morgan fingerprint density at radius 2 is 1.74 bits per heavy atom. The molecule has 0 saturated heterocycles. The molecule has 6 nitrogen and oxygen atoms in total. The first-order valence-corrected chi connectivity index (χ1v) is 9.78. The van der Waals surface area contributed by atoms with E-state index in [1.165, 1.54) is 12.1 Å². The highest BCUT2D eigenvalue weighted by atomic mass is 19.4. The van der Waals surface area contributed by atoms with Gasteiger partial charge in [0.15, 0.2) is 0 Å². The molecule has 0 saturated carbocycles. The van der Waals surface area contributed by atoms with Gasteiger partial charge in [0.2, 0.25) is 5.91 Å². The minimum absolute atomic E-state index is 0.153. The lowest BCUT2D eigenvalue weighted by Gasteiger charge is -2.17. The fourth-order valence-corrected chi connectivity index (χ4v) is 2.68. The molecule has 0 radical (unpaired) electrons. The third-order valence-corrected chi connectivity index (χ3v) is 4.35. The lowest BCUT2D eigenvalue weighted by molar-refractivity contribution is -0.176. The molecule has 0 spiro atoms. The van der Waals surface area contributed by atoms with Crippen LogP contribution in [0.2, 0.25) is 0 Å². The number of aromatic nitrogens is 1. The van der Waals surface area contributed by atoms with Crippen LogP contribution in [0.4, 0.5) is 19.0 Å². The van der Waals surface area contributed by atoms with Gasteiger partial charge in [0.1, 0.15) is 12.4 Å². The Morgan fingerprint density at radius 1 is 1.10 bits per heavy atom. The Balaban J connectivity index is 2.00. The van der Waals surface area contributed by atoms with Crippen molar-refractivity contribution in [1.29, 1.82) is 0 Å². The van der Waals surface area contributed by atoms with Crippen molar-refractivity contribution in [2.24, 2.45) is 5.92 Å². The Labute approximate surface area is 179 Å². The number of alkyl halides is 3. The van der Waals surface area contributed by atoms with E-state index in [4.69, 9.17) is 0 Å². The number of carbonyl (C=O) groups is 2. The molecule has 0 aliphatic carbocycles. The van der Waals surface area contributed by atoms with Gasteiger partial charge in [0.25, 0.3) is 5.91 Å². The van der Waals surface area contributed by atoms with Gasteiger partial charge in [0.05, 0.1) is 12.6 Å². The Kier molecular flexibility index (Phi) is 8.15. The van der Waals surface area contributed by atoms with E-state index in [1.807, 2.05) is 6.07 Å². The predicted octanol–water partition coefficient (Wildman–Crippen LogP) is 4.55. The zero-order valence-corrected chi connectivity index (χ0v) is 17.8. The van der Waals surface area contributed by atoms with Gasteiger partial charge in [-0.15, -0.1) is 0 Å². The molecule has 1 unspecified atom stereocenters. The third-order valence-electron chi connectivity index (χ3n) is 4.35. The van der Waals surface area contributed by atoms with Crippen molar-refractivity contribution >= 4 is 17.6 Å². The van der Waals surface area contributed by atoms with E-state index < -0.39 is 12.8 Å². The molecule has 2 rings (SSSR count). The van der Waals surface area contributed by atoms with E-state index in [-0.39, 0.29) is 30.4 Å². The second kappa shape index (κ2) is 10.4. The van der Waals surface area contributed by atoms with Crippen molar-refractivity contribution in [2.75, 3.05) is 11.9 Å². The number of ether oxygens (including phenoxy) is 1. The molecule has 0 fully saturated rings. The molecule has 1 atom stereocenters. The summed E-state index contributed by atoms with van der Waals surface area (Å²) in [5, 5.41) is 5.62. The van der Waals surface area contributed by atoms with Crippen LogP contribution in [-0.4, -0.2) is 29.6 Å². The number of carbonyl (C=O) groups excluding carboxylic acids is 2. The molecule has 0 aliphatic heterocycles. The first-order chi connectivity index (χ1) is 14.4. The molecule has 2 N–H and O–H groups in total. The van der Waals surface area contributed by atoms with Crippen LogP contribution >= 0.6 is 0 Å². The molecule has 1 aromatic carbocycles. The SMILES string of the molecule is Cc1cc(C(C)NC(=O)c2ccc(COCC(F)(F)F)cc2)cc(NC(=O)C(C)C)n1. The van der Waals surface area contributed by atoms with Crippen LogP contribution in [0.5, 0.6) is 0 Å². The summed E-state index contributed by atoms with van der Waals surface area (Å²) in [5.41, 5.74) is 2.37. The van der Waals surface area contributed by atoms with Crippen molar-refractivity contribution < 1.29 is 27.5 Å². The molecule has 0 bridgehead atoms. The molecule has 168 valence electrons. The van der Waals surface area contributed by atoms with Gasteiger partial charge in [-0.2, -0.15) is 13.2 Å². The summed E-state index contributed by atoms with van der Waals surface area (Å²) in [6, 6.07) is 9.31. The molecule has 1 heterocycles. The highest BCUT2D eigenvalue weighted by Gasteiger charge is 2.27. The number of anilines is 1. The highest BCUT2D eigenvalue weighted by molar-refractivity contribution is 5.94. The standard InChI is InChI=1S/C22H26F3N3O3/c1-13(2)20(29)28-19-10-18(9-14(3)26-19)15(4)27-21(30)17-7-5-16(6-8-17)11-31-12-22(23,24)25/h5-10,13,15H,11-12H2,1-4H3,(H,27,30)(H,26,28,29). The molecular weight excluding hydrogens is 411 g/mol. The number of nitrogens with zero attached hydrogens (tertiary/aromatic N) is 1. The average Bonchev–Trinajstić information content (AvgIpc) is 2.66. The molecule has 2 aromatic rings. The zero-order valence-electron chi connectivity index (χ0n) is 17.8. The van der Waals surface area contributed by atoms with E-state index in [2.05, 4.69) is 20.4 Å². The van der Waals surface area contributed by atoms with Crippen molar-refractivity contribution in [1.82, 2.24) is 10.3 Å². The average molecular weight is 437 g/mol. The van der Waals surface area contributed by atoms with Gasteiger partial charge in [-0.3, -0.25) is 9.59 Å². The fourth-order valence-electron chi connectivity index (χ4n) is 2.68. The maximum atomic E-state index is 12.5. The molecule has 0 aliphatic rings. The Hall–Kier alpha value is -2.94. The largest absolute Gasteiger partial charge is 0.411 e. The fraction of sp³-hybridized carbons (Fsp3) is 0.409. The van der Waals surface area contributed by atoms with E-state index >= 15 is 0 Å². The van der Waals surface area contributed by atoms with Crippen LogP contribution in [0.25, 0.3) is 0 Å². The number of hydrogen-bond acceptors (Lipinski definition) is 4. The number of pyridine rings is 1. The number of nitrogens with one attached hydrogen (secondary N) is 2. The number of rotatable bonds is 8. The van der Waals surface area contributed by atoms with E-state index in [9.17, 15) is 22.8 Å². The van der Waals surface area contributed by atoms with Crippen LogP contribution in [0, 0.1) is 12.8 Å². The van der Waals surface area contributed by atoms with Gasteiger partial charge < -0.3 is 15.4 Å². The lowest BCUT2D eigenvalue weighted by Crippen LogP contribution is -2.27. The first-order valence-electron chi connectivity index (χ1n) is 9.78. The lowest BCUT2D eigenvalue weighted by atomic mass is 10.1. The van der Waals surface area contributed by atoms with Gasteiger partial charge in [-0.1, -0.05) is 26.0 Å². The van der Waals surface area contributed by atoms with Gasteiger partial charge in [-0.25, -0.2) is 4.98 Å². The summed E-state index contributed by atoms with van der Waals surface area (Å²) in [6.07, 6.45) is -4.38. The summed E-state index contributed by atoms with van der Waals surface area (Å²) in [7, 11) is 0. The predicted molar refractivity (Wildman–Crippen MR) is 110 cm³/mol. The number of benzene rings is 1. The quantitative estimate of drug-likeness (QED) is 0.635. The highest BCUT2D eigenvalue weighted by Crippen LogP contribution is 2.19. The van der Waals surface area contributed by atoms with Crippen LogP contribution in [0.3, 0.4) is 0 Å². The first kappa shape index (κ1) is 24.3. The Bertz CT molecular complexity index is 912. The van der Waals surface area contributed by atoms with Crippen molar-refractivity contribution in [3.05, 3.63) is 58.8 Å². The summed E-state index contributed by atoms with van der Waals surface area (Å²) in [5.74, 6) is -0.264. The van der Waals surface area contributed by atoms with Crippen LogP contribution < -0.4 is 10.6 Å². The third kappa shape index (κ3) is 8.01. The number of halogens is 3. The summed E-state index contributed by atoms with van der Waals surface area (Å²) in [4.78, 5) is 28.8. The molecule has 2 amide bonds. The second-order valence-electron chi connectivity index (χ2n) is 7.57. The minimum atomic E-state index is -4.38. The molecule has 1 aromatic heterocycles. The van der Waals surface area contributed by atoms with Gasteiger partial charge >= 0.3 is 6.18 Å². The molecule has 31 heavy (non-hydrogen) atoms. The monoisotopic (exact) mass is 437 g/mol. The van der Waals surface area contributed by atoms with E-state index in [0.717, 1.165) is 5.56 Å². The minimum Gasteiger partial charge on any atom is -0.367 e. The van der Waals surface area contributed by atoms with Crippen molar-refractivity contribution in [3.8, 4) is 0 Å². The molecular formula is C22H26F3N3O3. The summed E-state index contributed by atoms with van der Waals surface area (Å²) in [6.45, 7) is 5.64. The number of aryl methyl sites for hydroxylation is 1. The van der Waals surface area contributed by atoms with Crippen LogP contribution in [-0.2, 0) is 16.1 Å². The van der Waals surface area contributed by atoms with E-state index in [0.29, 0.717) is 22.6 Å². The normalized spacial score (nSPS) is 12.5.